The largest absolute Gasteiger partial charge is 0.487 e. The number of hydrogen-bond donors (Lipinski definition) is 1. The first kappa shape index (κ1) is 26.8. The zero-order chi connectivity index (χ0) is 27.2. The van der Waals surface area contributed by atoms with Crippen LogP contribution in [0.4, 0.5) is 0 Å². The maximum absolute atomic E-state index is 13.2. The third-order valence-electron chi connectivity index (χ3n) is 5.94. The molecule has 190 valence electrons. The van der Waals surface area contributed by atoms with E-state index >= 15 is 0 Å². The summed E-state index contributed by atoms with van der Waals surface area (Å²) in [4.78, 5) is 17.9. The van der Waals surface area contributed by atoms with Gasteiger partial charge in [0.2, 0.25) is 0 Å². The Balaban J connectivity index is 1.33. The van der Waals surface area contributed by atoms with Crippen molar-refractivity contribution in [2.24, 2.45) is 5.10 Å². The highest BCUT2D eigenvalue weighted by Crippen LogP contribution is 2.30. The molecule has 0 saturated heterocycles. The van der Waals surface area contributed by atoms with Crippen LogP contribution in [0.3, 0.4) is 0 Å². The quantitative estimate of drug-likeness (QED) is 0.108. The Kier molecular flexibility index (Phi) is 8.48. The summed E-state index contributed by atoms with van der Waals surface area (Å²) in [6.45, 7) is 0.296. The third-order valence-corrected chi connectivity index (χ3v) is 7.54. The molecule has 0 unspecified atom stereocenters. The highest BCUT2D eigenvalue weighted by atomic mass is 127. The number of pyridine rings is 1. The van der Waals surface area contributed by atoms with Crippen LogP contribution in [-0.4, -0.2) is 17.1 Å². The molecule has 0 bridgehead atoms. The van der Waals surface area contributed by atoms with Crippen molar-refractivity contribution >= 4 is 68.2 Å². The van der Waals surface area contributed by atoms with Crippen molar-refractivity contribution in [3.8, 4) is 23.1 Å². The monoisotopic (exact) mass is 734 g/mol. The fourth-order valence-corrected chi connectivity index (χ4v) is 6.17. The van der Waals surface area contributed by atoms with Crippen LogP contribution >= 0.6 is 45.2 Å². The van der Waals surface area contributed by atoms with Crippen molar-refractivity contribution in [3.63, 3.8) is 0 Å². The van der Waals surface area contributed by atoms with E-state index in [1.807, 2.05) is 84.9 Å². The summed E-state index contributed by atoms with van der Waals surface area (Å²) >= 11 is 4.43. The maximum atomic E-state index is 13.2. The summed E-state index contributed by atoms with van der Waals surface area (Å²) in [6, 6.07) is 32.6. The van der Waals surface area contributed by atoms with Gasteiger partial charge in [0.25, 0.3) is 5.91 Å². The molecule has 39 heavy (non-hydrogen) atoms. The Morgan fingerprint density at radius 2 is 1.64 bits per heavy atom. The average molecular weight is 734 g/mol. The van der Waals surface area contributed by atoms with Crippen LogP contribution < -0.4 is 10.2 Å². The fourth-order valence-electron chi connectivity index (χ4n) is 4.04. The van der Waals surface area contributed by atoms with E-state index in [2.05, 4.69) is 61.8 Å². The number of benzene rings is 4. The van der Waals surface area contributed by atoms with Gasteiger partial charge in [0.15, 0.2) is 0 Å². The fraction of sp³-hybridized carbons (Fsp3) is 0.0323. The molecule has 4 aromatic carbocycles. The molecule has 5 rings (SSSR count). The molecule has 0 spiro atoms. The number of fused-ring (bicyclic) bond motifs is 1. The predicted octanol–water partition coefficient (Wildman–Crippen LogP) is 7.33. The minimum atomic E-state index is -0.317. The number of carbonyl (C=O) groups is 1. The van der Waals surface area contributed by atoms with Gasteiger partial charge in [-0.1, -0.05) is 66.7 Å². The van der Waals surface area contributed by atoms with Gasteiger partial charge in [0, 0.05) is 16.5 Å². The number of amides is 1. The molecule has 1 heterocycles. The van der Waals surface area contributed by atoms with E-state index in [0.717, 1.165) is 46.2 Å². The second kappa shape index (κ2) is 12.4. The summed E-state index contributed by atoms with van der Waals surface area (Å²) in [6.07, 6.45) is 1.61. The number of rotatable bonds is 7. The Bertz CT molecular complexity index is 1720. The van der Waals surface area contributed by atoms with Gasteiger partial charge >= 0.3 is 0 Å². The Morgan fingerprint density at radius 3 is 2.41 bits per heavy atom. The van der Waals surface area contributed by atoms with Crippen LogP contribution in [0.2, 0.25) is 0 Å². The van der Waals surface area contributed by atoms with Crippen molar-refractivity contribution in [1.82, 2.24) is 10.4 Å². The minimum absolute atomic E-state index is 0.296. The van der Waals surface area contributed by atoms with Crippen molar-refractivity contribution in [1.29, 1.82) is 5.26 Å². The molecule has 1 amide bonds. The molecule has 0 fully saturated rings. The number of hydrazone groups is 1. The Morgan fingerprint density at radius 1 is 0.949 bits per heavy atom. The molecule has 0 radical (unpaired) electrons. The lowest BCUT2D eigenvalue weighted by Gasteiger charge is -2.12. The molecule has 0 saturated carbocycles. The lowest BCUT2D eigenvalue weighted by molar-refractivity contribution is 0.0956. The van der Waals surface area contributed by atoms with Crippen LogP contribution in [0.25, 0.3) is 22.2 Å². The molecule has 6 nitrogen and oxygen atoms in total. The van der Waals surface area contributed by atoms with Gasteiger partial charge < -0.3 is 4.74 Å². The number of hydrogen-bond acceptors (Lipinski definition) is 5. The lowest BCUT2D eigenvalue weighted by atomic mass is 10.0. The number of carbonyl (C=O) groups excluding carboxylic acids is 1. The number of nitrogens with zero attached hydrogens (tertiary/aromatic N) is 3. The molecule has 1 aromatic heterocycles. The van der Waals surface area contributed by atoms with Crippen molar-refractivity contribution in [3.05, 3.63) is 126 Å². The number of halogens is 2. The average Bonchev–Trinajstić information content (AvgIpc) is 2.96. The molecule has 0 aliphatic heterocycles. The van der Waals surface area contributed by atoms with Gasteiger partial charge in [0.05, 0.1) is 41.8 Å². The zero-order valence-electron chi connectivity index (χ0n) is 20.4. The molecule has 0 atom stereocenters. The normalized spacial score (nSPS) is 10.9. The lowest BCUT2D eigenvalue weighted by Crippen LogP contribution is -2.18. The third kappa shape index (κ3) is 6.26. The number of aromatic nitrogens is 1. The summed E-state index contributed by atoms with van der Waals surface area (Å²) in [7, 11) is 0. The van der Waals surface area contributed by atoms with Crippen LogP contribution in [0, 0.1) is 18.5 Å². The van der Waals surface area contributed by atoms with Crippen molar-refractivity contribution in [2.75, 3.05) is 0 Å². The number of nitrogens with one attached hydrogen (secondary N) is 1. The number of ether oxygens (including phenoxy) is 1. The summed E-state index contributed by atoms with van der Waals surface area (Å²) in [5.74, 6) is 0.421. The van der Waals surface area contributed by atoms with Gasteiger partial charge in [-0.3, -0.25) is 4.79 Å². The van der Waals surface area contributed by atoms with Gasteiger partial charge in [-0.2, -0.15) is 10.4 Å². The predicted molar refractivity (Wildman–Crippen MR) is 170 cm³/mol. The van der Waals surface area contributed by atoms with Gasteiger partial charge in [0.1, 0.15) is 12.4 Å². The van der Waals surface area contributed by atoms with E-state index in [4.69, 9.17) is 9.72 Å². The van der Waals surface area contributed by atoms with Gasteiger partial charge in [-0.05, 0) is 81.1 Å². The van der Waals surface area contributed by atoms with E-state index in [1.165, 1.54) is 0 Å². The molecular formula is C31H20I2N4O2. The smallest absolute Gasteiger partial charge is 0.272 e. The van der Waals surface area contributed by atoms with Crippen LogP contribution in [0.15, 0.2) is 102 Å². The van der Waals surface area contributed by atoms with Gasteiger partial charge in [-0.25, -0.2) is 10.4 Å². The number of nitriles is 1. The first-order valence-electron chi connectivity index (χ1n) is 11.9. The van der Waals surface area contributed by atoms with Crippen LogP contribution in [0.1, 0.15) is 27.0 Å². The molecule has 0 aliphatic rings. The highest BCUT2D eigenvalue weighted by Gasteiger charge is 2.14. The first-order valence-corrected chi connectivity index (χ1v) is 14.1. The maximum Gasteiger partial charge on any atom is 0.272 e. The van der Waals surface area contributed by atoms with E-state index in [0.29, 0.717) is 17.7 Å². The molecule has 0 aliphatic carbocycles. The zero-order valence-corrected chi connectivity index (χ0v) is 24.8. The second-order valence-electron chi connectivity index (χ2n) is 8.51. The van der Waals surface area contributed by atoms with Crippen LogP contribution in [0.5, 0.6) is 5.75 Å². The standard InChI is InChI=1S/C31H20I2N4O2/c32-26-14-20(15-27(33)30(26)39-19-23-11-5-4-10-22(23)17-34)18-35-37-31(38)25-16-29(21-8-2-1-3-9-21)36-28-13-7-6-12-24(25)28/h1-16,18H,19H2,(H,37,38)/b35-18+. The summed E-state index contributed by atoms with van der Waals surface area (Å²) in [5, 5.41) is 14.3. The summed E-state index contributed by atoms with van der Waals surface area (Å²) < 4.78 is 7.85. The molecule has 1 N–H and O–H groups in total. The summed E-state index contributed by atoms with van der Waals surface area (Å²) in [5.41, 5.74) is 7.81. The second-order valence-corrected chi connectivity index (χ2v) is 10.8. The van der Waals surface area contributed by atoms with E-state index < -0.39 is 0 Å². The van der Waals surface area contributed by atoms with Crippen molar-refractivity contribution < 1.29 is 9.53 Å². The Hall–Kier alpha value is -3.82. The van der Waals surface area contributed by atoms with Gasteiger partial charge in [-0.15, -0.1) is 0 Å². The molecule has 5 aromatic rings. The SMILES string of the molecule is N#Cc1ccccc1COc1c(I)cc(/C=N/NC(=O)c2cc(-c3ccccc3)nc3ccccc23)cc1I. The van der Waals surface area contributed by atoms with E-state index in [-0.39, 0.29) is 5.91 Å². The van der Waals surface area contributed by atoms with Crippen LogP contribution in [-0.2, 0) is 6.61 Å². The minimum Gasteiger partial charge on any atom is -0.487 e. The number of para-hydroxylation sites is 1. The molecule has 8 heteroatoms. The topological polar surface area (TPSA) is 87.4 Å². The van der Waals surface area contributed by atoms with E-state index in [1.54, 1.807) is 18.3 Å². The Labute approximate surface area is 253 Å². The van der Waals surface area contributed by atoms with Crippen molar-refractivity contribution in [2.45, 2.75) is 6.61 Å². The highest BCUT2D eigenvalue weighted by molar-refractivity contribution is 14.1. The first-order chi connectivity index (χ1) is 19.0. The molecular weight excluding hydrogens is 714 g/mol. The van der Waals surface area contributed by atoms with E-state index in [9.17, 15) is 10.1 Å².